The minimum absolute atomic E-state index is 0.171. The van der Waals surface area contributed by atoms with Gasteiger partial charge in [0.25, 0.3) is 5.91 Å². The van der Waals surface area contributed by atoms with Crippen molar-refractivity contribution in [3.05, 3.63) is 0 Å². The smallest absolute Gasteiger partial charge is 0.251 e. The average Bonchev–Trinajstić information content (AvgIpc) is 3.21. The molecule has 0 spiro atoms. The number of piperidine rings is 1. The van der Waals surface area contributed by atoms with Crippen LogP contribution < -0.4 is 5.32 Å². The Morgan fingerprint density at radius 2 is 1.85 bits per heavy atom. The number of nitrogens with one attached hydrogen (secondary N) is 1. The van der Waals surface area contributed by atoms with Gasteiger partial charge in [-0.05, 0) is 39.2 Å². The number of hydrogen-bond acceptors (Lipinski definition) is 4. The van der Waals surface area contributed by atoms with Crippen LogP contribution in [0.25, 0.3) is 0 Å². The van der Waals surface area contributed by atoms with Crippen molar-refractivity contribution >= 4 is 11.9 Å². The molecule has 26 heavy (non-hydrogen) atoms. The Morgan fingerprint density at radius 3 is 2.50 bits per heavy atom. The first-order valence-electron chi connectivity index (χ1n) is 10.3. The van der Waals surface area contributed by atoms with Crippen LogP contribution in [0.3, 0.4) is 0 Å². The number of likely N-dealkylation sites (tertiary alicyclic amines) is 1. The molecule has 7 nitrogen and oxygen atoms in total. The van der Waals surface area contributed by atoms with Crippen molar-refractivity contribution in [3.8, 4) is 0 Å². The van der Waals surface area contributed by atoms with E-state index >= 15 is 0 Å². The number of carbonyl (C=O) groups is 1. The second kappa shape index (κ2) is 9.55. The second-order valence-electron chi connectivity index (χ2n) is 7.67. The molecule has 0 aromatic carbocycles. The molecule has 3 aliphatic heterocycles. The van der Waals surface area contributed by atoms with Gasteiger partial charge in [-0.25, -0.2) is 0 Å². The van der Waals surface area contributed by atoms with Gasteiger partial charge in [-0.3, -0.25) is 14.7 Å². The maximum Gasteiger partial charge on any atom is 0.251 e. The molecule has 2 unspecified atom stereocenters. The number of amides is 1. The van der Waals surface area contributed by atoms with Crippen molar-refractivity contribution in [1.82, 2.24) is 20.0 Å². The highest BCUT2D eigenvalue weighted by molar-refractivity contribution is 5.82. The molecule has 2 atom stereocenters. The van der Waals surface area contributed by atoms with Gasteiger partial charge < -0.3 is 19.9 Å². The molecular formula is C19H35N5O2. The highest BCUT2D eigenvalue weighted by Crippen LogP contribution is 2.16. The summed E-state index contributed by atoms with van der Waals surface area (Å²) in [5.74, 6) is 1.13. The quantitative estimate of drug-likeness (QED) is 0.589. The number of hydrogen-bond donors (Lipinski definition) is 1. The SMILES string of the molecule is CN=C(NCCN1CCCCC1C)N1CCN(C(=O)C2CCCO2)CC1. The molecule has 0 aromatic heterocycles. The molecule has 1 N–H and O–H groups in total. The Balaban J connectivity index is 1.40. The number of rotatable bonds is 4. The van der Waals surface area contributed by atoms with E-state index in [0.29, 0.717) is 6.04 Å². The van der Waals surface area contributed by atoms with Gasteiger partial charge in [0.1, 0.15) is 6.10 Å². The van der Waals surface area contributed by atoms with Crippen molar-refractivity contribution in [1.29, 1.82) is 0 Å². The molecule has 0 saturated carbocycles. The molecule has 0 radical (unpaired) electrons. The van der Waals surface area contributed by atoms with E-state index in [1.807, 2.05) is 11.9 Å². The predicted molar refractivity (Wildman–Crippen MR) is 103 cm³/mol. The number of piperazine rings is 1. The highest BCUT2D eigenvalue weighted by atomic mass is 16.5. The van der Waals surface area contributed by atoms with Gasteiger partial charge in [0, 0.05) is 59.0 Å². The lowest BCUT2D eigenvalue weighted by molar-refractivity contribution is -0.142. The van der Waals surface area contributed by atoms with E-state index in [2.05, 4.69) is 27.0 Å². The molecule has 1 amide bonds. The van der Waals surface area contributed by atoms with Gasteiger partial charge in [0.2, 0.25) is 0 Å². The maximum atomic E-state index is 12.5. The minimum Gasteiger partial charge on any atom is -0.368 e. The maximum absolute atomic E-state index is 12.5. The van der Waals surface area contributed by atoms with Crippen molar-refractivity contribution in [2.24, 2.45) is 4.99 Å². The van der Waals surface area contributed by atoms with Crippen LogP contribution in [0, 0.1) is 0 Å². The van der Waals surface area contributed by atoms with Crippen molar-refractivity contribution < 1.29 is 9.53 Å². The van der Waals surface area contributed by atoms with Crippen LogP contribution in [-0.2, 0) is 9.53 Å². The molecule has 148 valence electrons. The Kier molecular flexibility index (Phi) is 7.14. The summed E-state index contributed by atoms with van der Waals surface area (Å²) < 4.78 is 5.54. The van der Waals surface area contributed by atoms with E-state index < -0.39 is 0 Å². The van der Waals surface area contributed by atoms with E-state index in [4.69, 9.17) is 4.74 Å². The number of guanidine groups is 1. The molecule has 3 saturated heterocycles. The molecule has 3 rings (SSSR count). The summed E-state index contributed by atoms with van der Waals surface area (Å²) in [7, 11) is 1.84. The Bertz CT molecular complexity index is 484. The van der Waals surface area contributed by atoms with Crippen molar-refractivity contribution in [2.45, 2.75) is 51.2 Å². The fourth-order valence-electron chi connectivity index (χ4n) is 4.25. The van der Waals surface area contributed by atoms with E-state index in [0.717, 1.165) is 64.7 Å². The lowest BCUT2D eigenvalue weighted by Crippen LogP contribution is -2.56. The zero-order chi connectivity index (χ0) is 18.4. The van der Waals surface area contributed by atoms with Gasteiger partial charge in [-0.1, -0.05) is 6.42 Å². The summed E-state index contributed by atoms with van der Waals surface area (Å²) in [5.41, 5.74) is 0. The van der Waals surface area contributed by atoms with Gasteiger partial charge in [-0.15, -0.1) is 0 Å². The molecule has 3 heterocycles. The van der Waals surface area contributed by atoms with Crippen LogP contribution in [0.1, 0.15) is 39.0 Å². The average molecular weight is 366 g/mol. The number of nitrogens with zero attached hydrogens (tertiary/aromatic N) is 4. The van der Waals surface area contributed by atoms with Crippen molar-refractivity contribution in [3.63, 3.8) is 0 Å². The van der Waals surface area contributed by atoms with Gasteiger partial charge in [-0.2, -0.15) is 0 Å². The zero-order valence-corrected chi connectivity index (χ0v) is 16.5. The van der Waals surface area contributed by atoms with E-state index in [1.54, 1.807) is 0 Å². The molecule has 3 aliphatic rings. The normalized spacial score (nSPS) is 28.5. The fourth-order valence-corrected chi connectivity index (χ4v) is 4.25. The first kappa shape index (κ1) is 19.4. The largest absolute Gasteiger partial charge is 0.368 e. The first-order chi connectivity index (χ1) is 12.7. The predicted octanol–water partition coefficient (Wildman–Crippen LogP) is 0.759. The number of aliphatic imine (C=N–C) groups is 1. The van der Waals surface area contributed by atoms with Gasteiger partial charge >= 0.3 is 0 Å². The van der Waals surface area contributed by atoms with Gasteiger partial charge in [0.15, 0.2) is 5.96 Å². The van der Waals surface area contributed by atoms with E-state index in [-0.39, 0.29) is 12.0 Å². The molecule has 3 fully saturated rings. The first-order valence-corrected chi connectivity index (χ1v) is 10.3. The fraction of sp³-hybridized carbons (Fsp3) is 0.895. The summed E-state index contributed by atoms with van der Waals surface area (Å²) in [5, 5.41) is 3.51. The molecular weight excluding hydrogens is 330 g/mol. The van der Waals surface area contributed by atoms with Crippen LogP contribution in [0.2, 0.25) is 0 Å². The van der Waals surface area contributed by atoms with Crippen LogP contribution in [0.15, 0.2) is 4.99 Å². The minimum atomic E-state index is -0.203. The number of carbonyl (C=O) groups excluding carboxylic acids is 1. The van der Waals surface area contributed by atoms with E-state index in [1.165, 1.54) is 25.8 Å². The third-order valence-corrected chi connectivity index (χ3v) is 5.93. The van der Waals surface area contributed by atoms with Crippen LogP contribution >= 0.6 is 0 Å². The lowest BCUT2D eigenvalue weighted by atomic mass is 10.0. The van der Waals surface area contributed by atoms with Crippen LogP contribution in [0.5, 0.6) is 0 Å². The summed E-state index contributed by atoms with van der Waals surface area (Å²) in [6.07, 6.45) is 5.67. The third-order valence-electron chi connectivity index (χ3n) is 5.93. The molecule has 7 heteroatoms. The summed E-state index contributed by atoms with van der Waals surface area (Å²) in [6.45, 7) is 9.43. The topological polar surface area (TPSA) is 60.4 Å². The molecule has 0 bridgehead atoms. The molecule has 0 aromatic rings. The number of ether oxygens (including phenoxy) is 1. The highest BCUT2D eigenvalue weighted by Gasteiger charge is 2.30. The zero-order valence-electron chi connectivity index (χ0n) is 16.5. The van der Waals surface area contributed by atoms with Gasteiger partial charge in [0.05, 0.1) is 0 Å². The Hall–Kier alpha value is -1.34. The summed E-state index contributed by atoms with van der Waals surface area (Å²) in [6, 6.07) is 0.694. The van der Waals surface area contributed by atoms with Crippen molar-refractivity contribution in [2.75, 3.05) is 59.5 Å². The Labute approximate surface area is 157 Å². The standard InChI is InChI=1S/C19H35N5O2/c1-16-6-3-4-9-22(16)10-8-21-19(20-2)24-13-11-23(12-14-24)18(25)17-7-5-15-26-17/h16-17H,3-15H2,1-2H3,(H,20,21). The summed E-state index contributed by atoms with van der Waals surface area (Å²) in [4.78, 5) is 23.7. The van der Waals surface area contributed by atoms with E-state index in [9.17, 15) is 4.79 Å². The van der Waals surface area contributed by atoms with Crippen LogP contribution in [0.4, 0.5) is 0 Å². The summed E-state index contributed by atoms with van der Waals surface area (Å²) >= 11 is 0. The Morgan fingerprint density at radius 1 is 1.08 bits per heavy atom. The molecule has 0 aliphatic carbocycles. The monoisotopic (exact) mass is 365 g/mol. The second-order valence-corrected chi connectivity index (χ2v) is 7.67. The van der Waals surface area contributed by atoms with Crippen LogP contribution in [-0.4, -0.2) is 98.2 Å². The lowest BCUT2D eigenvalue weighted by Gasteiger charge is -2.38. The third kappa shape index (κ3) is 4.88.